The van der Waals surface area contributed by atoms with E-state index in [1.165, 1.54) is 37.0 Å². The SMILES string of the molecule is c1ccc(CSC2CCCC2)cc1. The number of rotatable bonds is 3. The predicted octanol–water partition coefficient (Wildman–Crippen LogP) is 3.86. The molecule has 0 nitrogen and oxygen atoms in total. The smallest absolute Gasteiger partial charge is 0.0187 e. The Morgan fingerprint density at radius 1 is 1.08 bits per heavy atom. The summed E-state index contributed by atoms with van der Waals surface area (Å²) in [5, 5.41) is 0.945. The third kappa shape index (κ3) is 2.77. The standard InChI is InChI=1S/C12H16S/c1-2-6-11(7-3-1)10-13-12-8-4-5-9-12/h1-3,6-7,12H,4-5,8-10H2. The number of hydrogen-bond donors (Lipinski definition) is 0. The van der Waals surface area contributed by atoms with E-state index < -0.39 is 0 Å². The second-order valence-corrected chi connectivity index (χ2v) is 4.99. The highest BCUT2D eigenvalue weighted by atomic mass is 32.2. The van der Waals surface area contributed by atoms with Crippen molar-refractivity contribution in [1.82, 2.24) is 0 Å². The van der Waals surface area contributed by atoms with E-state index in [0.717, 1.165) is 5.25 Å². The van der Waals surface area contributed by atoms with Gasteiger partial charge in [0.2, 0.25) is 0 Å². The molecule has 0 radical (unpaired) electrons. The Hall–Kier alpha value is -0.430. The van der Waals surface area contributed by atoms with Crippen LogP contribution in [0.25, 0.3) is 0 Å². The highest BCUT2D eigenvalue weighted by molar-refractivity contribution is 7.99. The van der Waals surface area contributed by atoms with E-state index in [-0.39, 0.29) is 0 Å². The van der Waals surface area contributed by atoms with Crippen LogP contribution in [-0.2, 0) is 5.75 Å². The molecule has 70 valence electrons. The van der Waals surface area contributed by atoms with E-state index in [4.69, 9.17) is 0 Å². The van der Waals surface area contributed by atoms with Gasteiger partial charge >= 0.3 is 0 Å². The molecule has 1 aliphatic rings. The molecule has 1 saturated carbocycles. The molecule has 1 aromatic rings. The fraction of sp³-hybridized carbons (Fsp3) is 0.500. The van der Waals surface area contributed by atoms with E-state index in [2.05, 4.69) is 42.1 Å². The van der Waals surface area contributed by atoms with Crippen molar-refractivity contribution in [3.05, 3.63) is 35.9 Å². The normalized spacial score (nSPS) is 17.8. The minimum Gasteiger partial charge on any atom is -0.154 e. The van der Waals surface area contributed by atoms with Crippen molar-refractivity contribution < 1.29 is 0 Å². The van der Waals surface area contributed by atoms with Crippen molar-refractivity contribution >= 4 is 11.8 Å². The Kier molecular flexibility index (Phi) is 3.31. The first-order valence-corrected chi connectivity index (χ1v) is 6.15. The molecular formula is C12H16S. The van der Waals surface area contributed by atoms with Crippen LogP contribution in [0.5, 0.6) is 0 Å². The second kappa shape index (κ2) is 4.71. The Labute approximate surface area is 84.7 Å². The summed E-state index contributed by atoms with van der Waals surface area (Å²) in [5.74, 6) is 1.20. The first-order chi connectivity index (χ1) is 6.45. The minimum absolute atomic E-state index is 0.945. The average Bonchev–Trinajstić information content (AvgIpc) is 2.69. The molecule has 0 amide bonds. The van der Waals surface area contributed by atoms with Crippen LogP contribution in [0.2, 0.25) is 0 Å². The molecule has 1 fully saturated rings. The quantitative estimate of drug-likeness (QED) is 0.700. The van der Waals surface area contributed by atoms with E-state index in [9.17, 15) is 0 Å². The Morgan fingerprint density at radius 3 is 2.46 bits per heavy atom. The molecule has 0 aromatic heterocycles. The van der Waals surface area contributed by atoms with Crippen LogP contribution in [-0.4, -0.2) is 5.25 Å². The number of thioether (sulfide) groups is 1. The summed E-state index contributed by atoms with van der Waals surface area (Å²) in [6.45, 7) is 0. The maximum absolute atomic E-state index is 2.22. The molecule has 1 aliphatic carbocycles. The van der Waals surface area contributed by atoms with Crippen molar-refractivity contribution in [3.8, 4) is 0 Å². The summed E-state index contributed by atoms with van der Waals surface area (Å²) in [6.07, 6.45) is 5.79. The van der Waals surface area contributed by atoms with Gasteiger partial charge in [0.05, 0.1) is 0 Å². The summed E-state index contributed by atoms with van der Waals surface area (Å²) in [5.41, 5.74) is 1.47. The van der Waals surface area contributed by atoms with E-state index in [1.807, 2.05) is 0 Å². The maximum Gasteiger partial charge on any atom is 0.0187 e. The first kappa shape index (κ1) is 9.14. The largest absolute Gasteiger partial charge is 0.154 e. The lowest BCUT2D eigenvalue weighted by atomic mass is 10.2. The van der Waals surface area contributed by atoms with Crippen LogP contribution >= 0.6 is 11.8 Å². The summed E-state index contributed by atoms with van der Waals surface area (Å²) in [6, 6.07) is 10.8. The number of hydrogen-bond acceptors (Lipinski definition) is 1. The zero-order chi connectivity index (χ0) is 8.93. The van der Waals surface area contributed by atoms with Gasteiger partial charge in [0, 0.05) is 11.0 Å². The minimum atomic E-state index is 0.945. The molecule has 0 unspecified atom stereocenters. The van der Waals surface area contributed by atoms with Crippen molar-refractivity contribution in [2.45, 2.75) is 36.7 Å². The maximum atomic E-state index is 2.22. The monoisotopic (exact) mass is 192 g/mol. The van der Waals surface area contributed by atoms with Gasteiger partial charge in [-0.3, -0.25) is 0 Å². The molecule has 1 heteroatoms. The highest BCUT2D eigenvalue weighted by Gasteiger charge is 2.14. The molecule has 0 saturated heterocycles. The van der Waals surface area contributed by atoms with Gasteiger partial charge in [-0.15, -0.1) is 0 Å². The van der Waals surface area contributed by atoms with Gasteiger partial charge in [-0.25, -0.2) is 0 Å². The van der Waals surface area contributed by atoms with Crippen LogP contribution in [0.1, 0.15) is 31.2 Å². The molecule has 0 atom stereocenters. The van der Waals surface area contributed by atoms with E-state index >= 15 is 0 Å². The average molecular weight is 192 g/mol. The van der Waals surface area contributed by atoms with Crippen LogP contribution < -0.4 is 0 Å². The fourth-order valence-corrected chi connectivity index (χ4v) is 3.13. The molecule has 0 spiro atoms. The molecular weight excluding hydrogens is 176 g/mol. The topological polar surface area (TPSA) is 0 Å². The molecule has 1 aromatic carbocycles. The second-order valence-electron chi connectivity index (χ2n) is 3.70. The van der Waals surface area contributed by atoms with Crippen LogP contribution in [0, 0.1) is 0 Å². The zero-order valence-electron chi connectivity index (χ0n) is 7.91. The summed E-state index contributed by atoms with van der Waals surface area (Å²) in [7, 11) is 0. The Balaban J connectivity index is 1.79. The van der Waals surface area contributed by atoms with E-state index in [1.54, 1.807) is 0 Å². The van der Waals surface area contributed by atoms with Gasteiger partial charge in [0.25, 0.3) is 0 Å². The summed E-state index contributed by atoms with van der Waals surface area (Å²) in [4.78, 5) is 0. The van der Waals surface area contributed by atoms with Crippen molar-refractivity contribution in [2.24, 2.45) is 0 Å². The number of benzene rings is 1. The first-order valence-electron chi connectivity index (χ1n) is 5.11. The molecule has 0 N–H and O–H groups in total. The highest BCUT2D eigenvalue weighted by Crippen LogP contribution is 2.31. The lowest BCUT2D eigenvalue weighted by Gasteiger charge is -2.07. The summed E-state index contributed by atoms with van der Waals surface area (Å²) >= 11 is 2.14. The van der Waals surface area contributed by atoms with Crippen molar-refractivity contribution in [1.29, 1.82) is 0 Å². The van der Waals surface area contributed by atoms with Gasteiger partial charge in [-0.2, -0.15) is 11.8 Å². The molecule has 2 rings (SSSR count). The van der Waals surface area contributed by atoms with Gasteiger partial charge in [-0.05, 0) is 18.4 Å². The molecule has 0 heterocycles. The molecule has 13 heavy (non-hydrogen) atoms. The van der Waals surface area contributed by atoms with Gasteiger partial charge in [-0.1, -0.05) is 43.2 Å². The lowest BCUT2D eigenvalue weighted by Crippen LogP contribution is -1.94. The Morgan fingerprint density at radius 2 is 1.77 bits per heavy atom. The van der Waals surface area contributed by atoms with Crippen LogP contribution in [0.3, 0.4) is 0 Å². The van der Waals surface area contributed by atoms with Gasteiger partial charge < -0.3 is 0 Å². The fourth-order valence-electron chi connectivity index (χ4n) is 1.84. The third-order valence-electron chi connectivity index (χ3n) is 2.63. The molecule has 0 aliphatic heterocycles. The van der Waals surface area contributed by atoms with E-state index in [0.29, 0.717) is 0 Å². The molecule has 0 bridgehead atoms. The Bertz CT molecular complexity index is 237. The summed E-state index contributed by atoms with van der Waals surface area (Å²) < 4.78 is 0. The third-order valence-corrected chi connectivity index (χ3v) is 4.07. The van der Waals surface area contributed by atoms with Crippen LogP contribution in [0.15, 0.2) is 30.3 Å². The van der Waals surface area contributed by atoms with Crippen LogP contribution in [0.4, 0.5) is 0 Å². The lowest BCUT2D eigenvalue weighted by molar-refractivity contribution is 0.886. The predicted molar refractivity (Wildman–Crippen MR) is 60.0 cm³/mol. The zero-order valence-corrected chi connectivity index (χ0v) is 8.72. The van der Waals surface area contributed by atoms with Gasteiger partial charge in [0.1, 0.15) is 0 Å². The van der Waals surface area contributed by atoms with Crippen molar-refractivity contribution in [2.75, 3.05) is 0 Å². The van der Waals surface area contributed by atoms with Crippen molar-refractivity contribution in [3.63, 3.8) is 0 Å². The van der Waals surface area contributed by atoms with Gasteiger partial charge in [0.15, 0.2) is 0 Å².